The van der Waals surface area contributed by atoms with Gasteiger partial charge in [-0.05, 0) is 19.3 Å². The van der Waals surface area contributed by atoms with Gasteiger partial charge >= 0.3 is 0 Å². The maximum Gasteiger partial charge on any atom is 0.225 e. The molecule has 0 unspecified atom stereocenters. The lowest BCUT2D eigenvalue weighted by atomic mass is 10.0. The molecule has 2 amide bonds. The lowest BCUT2D eigenvalue weighted by molar-refractivity contribution is -0.127. The number of amides is 2. The van der Waals surface area contributed by atoms with Gasteiger partial charge in [0, 0.05) is 32.1 Å². The van der Waals surface area contributed by atoms with Crippen LogP contribution in [0.25, 0.3) is 0 Å². The molecule has 1 aliphatic heterocycles. The Balaban J connectivity index is 0.00000144. The number of halogens is 1. The number of carbonyl (C=O) groups is 2. The van der Waals surface area contributed by atoms with Crippen molar-refractivity contribution < 1.29 is 9.59 Å². The monoisotopic (exact) mass is 261 g/mol. The third-order valence-corrected chi connectivity index (χ3v) is 2.97. The summed E-state index contributed by atoms with van der Waals surface area (Å²) in [5.74, 6) is 0.365. The van der Waals surface area contributed by atoms with Crippen molar-refractivity contribution in [1.82, 2.24) is 16.0 Å². The van der Waals surface area contributed by atoms with E-state index in [0.29, 0.717) is 19.0 Å². The first kappa shape index (κ1) is 14.3. The van der Waals surface area contributed by atoms with E-state index in [9.17, 15) is 9.59 Å². The van der Waals surface area contributed by atoms with Crippen LogP contribution in [0.5, 0.6) is 0 Å². The molecule has 0 atom stereocenters. The Hall–Kier alpha value is -0.810. The Morgan fingerprint density at radius 1 is 1.24 bits per heavy atom. The van der Waals surface area contributed by atoms with Crippen molar-refractivity contribution in [2.75, 3.05) is 19.6 Å². The van der Waals surface area contributed by atoms with Crippen molar-refractivity contribution in [3.63, 3.8) is 0 Å². The number of carbonyl (C=O) groups excluding carboxylic acids is 2. The maximum atomic E-state index is 11.4. The van der Waals surface area contributed by atoms with Crippen molar-refractivity contribution in [3.8, 4) is 0 Å². The summed E-state index contributed by atoms with van der Waals surface area (Å²) in [5.41, 5.74) is 0. The highest BCUT2D eigenvalue weighted by Crippen LogP contribution is 2.18. The molecule has 6 heteroatoms. The van der Waals surface area contributed by atoms with Gasteiger partial charge in [0.15, 0.2) is 0 Å². The first-order valence-electron chi connectivity index (χ1n) is 6.03. The summed E-state index contributed by atoms with van der Waals surface area (Å²) in [4.78, 5) is 22.7. The quantitative estimate of drug-likeness (QED) is 0.580. The van der Waals surface area contributed by atoms with E-state index in [2.05, 4.69) is 16.0 Å². The van der Waals surface area contributed by atoms with Crippen molar-refractivity contribution >= 4 is 24.2 Å². The predicted molar refractivity (Wildman–Crippen MR) is 67.0 cm³/mol. The number of rotatable bonds is 6. The van der Waals surface area contributed by atoms with Crippen LogP contribution < -0.4 is 16.0 Å². The Morgan fingerprint density at radius 2 is 1.94 bits per heavy atom. The van der Waals surface area contributed by atoms with E-state index < -0.39 is 0 Å². The van der Waals surface area contributed by atoms with Gasteiger partial charge < -0.3 is 16.0 Å². The topological polar surface area (TPSA) is 70.2 Å². The molecule has 1 saturated carbocycles. The highest BCUT2D eigenvalue weighted by molar-refractivity contribution is 5.85. The molecule has 98 valence electrons. The zero-order chi connectivity index (χ0) is 11.4. The van der Waals surface area contributed by atoms with E-state index in [0.717, 1.165) is 32.4 Å². The van der Waals surface area contributed by atoms with Crippen LogP contribution in [0, 0.1) is 5.92 Å². The molecule has 1 saturated heterocycles. The van der Waals surface area contributed by atoms with E-state index in [1.165, 1.54) is 0 Å². The highest BCUT2D eigenvalue weighted by atomic mass is 35.5. The van der Waals surface area contributed by atoms with Gasteiger partial charge in [-0.3, -0.25) is 9.59 Å². The van der Waals surface area contributed by atoms with Crippen LogP contribution in [-0.4, -0.2) is 37.5 Å². The van der Waals surface area contributed by atoms with E-state index in [1.807, 2.05) is 0 Å². The molecular formula is C11H20ClN3O2. The van der Waals surface area contributed by atoms with Gasteiger partial charge in [-0.2, -0.15) is 0 Å². The summed E-state index contributed by atoms with van der Waals surface area (Å²) in [6.07, 6.45) is 3.48. The highest BCUT2D eigenvalue weighted by Gasteiger charge is 2.24. The zero-order valence-electron chi connectivity index (χ0n) is 9.83. The first-order chi connectivity index (χ1) is 7.75. The lowest BCUT2D eigenvalue weighted by Gasteiger charge is -2.25. The van der Waals surface area contributed by atoms with Crippen molar-refractivity contribution in [1.29, 1.82) is 0 Å². The third-order valence-electron chi connectivity index (χ3n) is 2.97. The third kappa shape index (κ3) is 4.91. The molecule has 0 bridgehead atoms. The molecule has 2 aliphatic rings. The molecule has 0 aromatic carbocycles. The average Bonchev–Trinajstić information content (AvgIpc) is 2.93. The smallest absolute Gasteiger partial charge is 0.225 e. The molecule has 5 nitrogen and oxygen atoms in total. The summed E-state index contributed by atoms with van der Waals surface area (Å²) >= 11 is 0. The summed E-state index contributed by atoms with van der Waals surface area (Å²) in [5, 5.41) is 8.83. The fourth-order valence-corrected chi connectivity index (χ4v) is 1.61. The lowest BCUT2D eigenvalue weighted by Crippen LogP contribution is -2.50. The van der Waals surface area contributed by atoms with Gasteiger partial charge in [0.1, 0.15) is 0 Å². The van der Waals surface area contributed by atoms with Crippen LogP contribution in [0.3, 0.4) is 0 Å². The van der Waals surface area contributed by atoms with Gasteiger partial charge in [0.2, 0.25) is 11.8 Å². The maximum absolute atomic E-state index is 11.4. The molecule has 0 aromatic rings. The van der Waals surface area contributed by atoms with E-state index >= 15 is 0 Å². The molecule has 0 aromatic heterocycles. The fourth-order valence-electron chi connectivity index (χ4n) is 1.61. The number of hydrogen-bond donors (Lipinski definition) is 3. The number of hydrogen-bond acceptors (Lipinski definition) is 3. The van der Waals surface area contributed by atoms with E-state index in [-0.39, 0.29) is 30.1 Å². The molecule has 0 radical (unpaired) electrons. The Kier molecular flexibility index (Phi) is 5.71. The summed E-state index contributed by atoms with van der Waals surface area (Å²) in [6.45, 7) is 2.18. The van der Waals surface area contributed by atoms with Crippen LogP contribution >= 0.6 is 12.4 Å². The molecule has 17 heavy (non-hydrogen) atoms. The van der Waals surface area contributed by atoms with Crippen LogP contribution in [0.1, 0.15) is 25.7 Å². The minimum atomic E-state index is 0. The van der Waals surface area contributed by atoms with Gasteiger partial charge in [-0.1, -0.05) is 0 Å². The standard InChI is InChI=1S/C11H19N3O2.ClH/c15-10(14-9-3-4-9)2-1-5-13-11(16)8-6-12-7-8;/h8-9,12H,1-7H2,(H,13,16)(H,14,15);1H. The Bertz CT molecular complexity index is 278. The van der Waals surface area contributed by atoms with E-state index in [4.69, 9.17) is 0 Å². The SMILES string of the molecule is Cl.O=C(CCCNC(=O)C1CNC1)NC1CC1. The number of nitrogens with one attached hydrogen (secondary N) is 3. The second-order valence-corrected chi connectivity index (χ2v) is 4.59. The summed E-state index contributed by atoms with van der Waals surface area (Å²) in [7, 11) is 0. The first-order valence-corrected chi connectivity index (χ1v) is 6.03. The minimum absolute atomic E-state index is 0. The predicted octanol–water partition coefficient (Wildman–Crippen LogP) is -0.197. The Morgan fingerprint density at radius 3 is 2.47 bits per heavy atom. The molecular weight excluding hydrogens is 242 g/mol. The molecule has 2 rings (SSSR count). The molecule has 1 heterocycles. The van der Waals surface area contributed by atoms with E-state index in [1.54, 1.807) is 0 Å². The van der Waals surface area contributed by atoms with Gasteiger partial charge in [0.25, 0.3) is 0 Å². The second kappa shape index (κ2) is 6.81. The average molecular weight is 262 g/mol. The van der Waals surface area contributed by atoms with Crippen LogP contribution in [0.2, 0.25) is 0 Å². The largest absolute Gasteiger partial charge is 0.356 e. The van der Waals surface area contributed by atoms with Crippen LogP contribution in [0.4, 0.5) is 0 Å². The Labute approximate surface area is 108 Å². The molecule has 1 aliphatic carbocycles. The molecule has 0 spiro atoms. The van der Waals surface area contributed by atoms with Gasteiger partial charge in [-0.15, -0.1) is 12.4 Å². The molecule has 3 N–H and O–H groups in total. The normalized spacial score (nSPS) is 18.8. The molecule has 2 fully saturated rings. The zero-order valence-corrected chi connectivity index (χ0v) is 10.6. The van der Waals surface area contributed by atoms with Crippen molar-refractivity contribution in [3.05, 3.63) is 0 Å². The van der Waals surface area contributed by atoms with Gasteiger partial charge in [0.05, 0.1) is 5.92 Å². The van der Waals surface area contributed by atoms with Gasteiger partial charge in [-0.25, -0.2) is 0 Å². The van der Waals surface area contributed by atoms with Crippen LogP contribution in [-0.2, 0) is 9.59 Å². The van der Waals surface area contributed by atoms with Crippen molar-refractivity contribution in [2.45, 2.75) is 31.7 Å². The summed E-state index contributed by atoms with van der Waals surface area (Å²) < 4.78 is 0. The summed E-state index contributed by atoms with van der Waals surface area (Å²) in [6, 6.07) is 0.433. The van der Waals surface area contributed by atoms with Crippen molar-refractivity contribution in [2.24, 2.45) is 5.92 Å². The minimum Gasteiger partial charge on any atom is -0.356 e. The fraction of sp³-hybridized carbons (Fsp3) is 0.818. The van der Waals surface area contributed by atoms with Crippen LogP contribution in [0.15, 0.2) is 0 Å². The second-order valence-electron chi connectivity index (χ2n) is 4.59.